The summed E-state index contributed by atoms with van der Waals surface area (Å²) in [5.41, 5.74) is 0. The molecule has 4 heteroatoms. The SMILES string of the molecule is C[Si](C)c1ccccc1.c1cc[c]([Sn]([c]2ccccc2)[c]2ccccc2)cc1.c1cc[c]([Sn]([c]2ccccc2)[c]2ccccc2)cc1.c1cc[c]([Sn]([c]2ccccc2)[c]2ccccc2)cc1. The molecule has 10 rings (SSSR count). The van der Waals surface area contributed by atoms with Crippen LogP contribution in [0.25, 0.3) is 0 Å². The molecule has 0 amide bonds. The van der Waals surface area contributed by atoms with E-state index in [0.717, 1.165) is 0 Å². The maximum atomic E-state index is 2.31. The van der Waals surface area contributed by atoms with Gasteiger partial charge in [0.05, 0.1) is 8.80 Å². The van der Waals surface area contributed by atoms with Gasteiger partial charge in [0.2, 0.25) is 0 Å². The second-order valence-electron chi connectivity index (χ2n) is 15.8. The van der Waals surface area contributed by atoms with Gasteiger partial charge in [-0.2, -0.15) is 0 Å². The average molecular weight is 1190 g/mol. The van der Waals surface area contributed by atoms with Gasteiger partial charge in [-0.15, -0.1) is 0 Å². The van der Waals surface area contributed by atoms with Crippen molar-refractivity contribution >= 4 is 105 Å². The molecule has 0 unspecified atom stereocenters. The predicted octanol–water partition coefficient (Wildman–Crippen LogP) is 8.26. The molecule has 0 atom stereocenters. The van der Waals surface area contributed by atoms with Crippen molar-refractivity contribution in [1.82, 2.24) is 0 Å². The van der Waals surface area contributed by atoms with Crippen molar-refractivity contribution in [3.8, 4) is 0 Å². The first kappa shape index (κ1) is 48.7. The van der Waals surface area contributed by atoms with Gasteiger partial charge in [-0.3, -0.25) is 0 Å². The summed E-state index contributed by atoms with van der Waals surface area (Å²) in [4.78, 5) is 0. The molecule has 0 N–H and O–H groups in total. The van der Waals surface area contributed by atoms with E-state index in [9.17, 15) is 0 Å². The van der Waals surface area contributed by atoms with Crippen LogP contribution in [0, 0.1) is 0 Å². The van der Waals surface area contributed by atoms with E-state index in [1.807, 2.05) is 0 Å². The zero-order valence-corrected chi connectivity index (χ0v) is 47.4. The molecular formula is C62H56SiSn3. The molecule has 10 aromatic rings. The van der Waals surface area contributed by atoms with Gasteiger partial charge in [0.25, 0.3) is 0 Å². The van der Waals surface area contributed by atoms with Crippen molar-refractivity contribution < 1.29 is 0 Å². The number of hydrogen-bond acceptors (Lipinski definition) is 0. The van der Waals surface area contributed by atoms with Crippen LogP contribution in [0.5, 0.6) is 0 Å². The first-order valence-electron chi connectivity index (χ1n) is 22.6. The fourth-order valence-electron chi connectivity index (χ4n) is 7.71. The Morgan fingerprint density at radius 2 is 0.303 bits per heavy atom. The summed E-state index contributed by atoms with van der Waals surface area (Å²) >= 11 is -5.94. The summed E-state index contributed by atoms with van der Waals surface area (Å²) in [6, 6.07) is 109. The average Bonchev–Trinajstić information content (AvgIpc) is 3.40. The summed E-state index contributed by atoms with van der Waals surface area (Å²) < 4.78 is 13.8. The normalized spacial score (nSPS) is 10.5. The van der Waals surface area contributed by atoms with Crippen LogP contribution in [0.3, 0.4) is 0 Å². The monoisotopic (exact) mass is 1190 g/mol. The molecule has 0 aliphatic rings. The van der Waals surface area contributed by atoms with Crippen LogP contribution < -0.4 is 37.4 Å². The predicted molar refractivity (Wildman–Crippen MR) is 296 cm³/mol. The van der Waals surface area contributed by atoms with E-state index in [-0.39, 0.29) is 8.80 Å². The van der Waals surface area contributed by atoms with Gasteiger partial charge >= 0.3 is 364 Å². The van der Waals surface area contributed by atoms with E-state index in [1.165, 1.54) is 37.4 Å². The molecule has 0 saturated heterocycles. The minimum absolute atomic E-state index is 0.212. The Kier molecular flexibility index (Phi) is 20.3. The molecular weight excluding hydrogens is 1130 g/mol. The van der Waals surface area contributed by atoms with Crippen molar-refractivity contribution in [2.75, 3.05) is 0 Å². The molecule has 0 heterocycles. The molecule has 0 nitrogen and oxygen atoms in total. The molecule has 320 valence electrons. The van der Waals surface area contributed by atoms with Crippen LogP contribution >= 0.6 is 0 Å². The Balaban J connectivity index is 0.000000135. The first-order chi connectivity index (χ1) is 32.7. The van der Waals surface area contributed by atoms with Crippen LogP contribution in [0.1, 0.15) is 0 Å². The van der Waals surface area contributed by atoms with E-state index in [0.29, 0.717) is 0 Å². The molecule has 0 fully saturated rings. The van der Waals surface area contributed by atoms with Crippen molar-refractivity contribution in [2.45, 2.75) is 13.1 Å². The third-order valence-electron chi connectivity index (χ3n) is 10.9. The third-order valence-corrected chi connectivity index (χ3v) is 35.8. The van der Waals surface area contributed by atoms with Crippen LogP contribution in [-0.2, 0) is 0 Å². The molecule has 0 aromatic heterocycles. The third kappa shape index (κ3) is 14.9. The van der Waals surface area contributed by atoms with Gasteiger partial charge in [0.1, 0.15) is 0 Å². The second kappa shape index (κ2) is 27.5. The van der Waals surface area contributed by atoms with Crippen molar-refractivity contribution in [1.29, 1.82) is 0 Å². The van der Waals surface area contributed by atoms with Gasteiger partial charge in [-0.1, -0.05) is 48.6 Å². The molecule has 10 aromatic carbocycles. The number of rotatable bonds is 10. The summed E-state index contributed by atoms with van der Waals surface area (Å²) in [6.45, 7) is 4.61. The second-order valence-corrected chi connectivity index (χ2v) is 39.6. The Labute approximate surface area is 417 Å². The number of hydrogen-bond donors (Lipinski definition) is 0. The summed E-state index contributed by atoms with van der Waals surface area (Å²) in [7, 11) is -0.212. The van der Waals surface area contributed by atoms with Crippen molar-refractivity contribution in [3.63, 3.8) is 0 Å². The topological polar surface area (TPSA) is 0 Å². The maximum absolute atomic E-state index is 2.31. The standard InChI is InChI=1S/C8H11Si.9C6H5.3Sn/c1-9(2)8-6-4-3-5-7-8;9*1-2-4-6-5-3-1;;;/h3-7H,1-2H3;9*1-5H;;;. The zero-order valence-electron chi connectivity index (χ0n) is 37.9. The fourth-order valence-corrected chi connectivity index (χ4v) is 30.6. The Morgan fingerprint density at radius 3 is 0.409 bits per heavy atom. The summed E-state index contributed by atoms with van der Waals surface area (Å²) in [5, 5.41) is 1.52. The summed E-state index contributed by atoms with van der Waals surface area (Å²) in [5.74, 6) is 0. The van der Waals surface area contributed by atoms with E-state index in [2.05, 4.69) is 316 Å². The van der Waals surface area contributed by atoms with Crippen molar-refractivity contribution in [3.05, 3.63) is 303 Å². The van der Waals surface area contributed by atoms with Gasteiger partial charge in [-0.25, -0.2) is 0 Å². The van der Waals surface area contributed by atoms with Gasteiger partial charge in [0.15, 0.2) is 0 Å². The Hall–Kier alpha value is -5.19. The molecule has 0 aliphatic carbocycles. The summed E-state index contributed by atoms with van der Waals surface area (Å²) in [6.07, 6.45) is 0. The Morgan fingerprint density at radius 1 is 0.182 bits per heavy atom. The van der Waals surface area contributed by atoms with Crippen LogP contribution in [-0.4, -0.2) is 68.1 Å². The fraction of sp³-hybridized carbons (Fsp3) is 0.0323. The van der Waals surface area contributed by atoms with Crippen LogP contribution in [0.15, 0.2) is 303 Å². The molecule has 0 spiro atoms. The van der Waals surface area contributed by atoms with E-state index in [4.69, 9.17) is 0 Å². The molecule has 66 heavy (non-hydrogen) atoms. The van der Waals surface area contributed by atoms with E-state index >= 15 is 0 Å². The van der Waals surface area contributed by atoms with E-state index < -0.39 is 59.3 Å². The quantitative estimate of drug-likeness (QED) is 0.121. The number of benzene rings is 10. The zero-order chi connectivity index (χ0) is 45.4. The van der Waals surface area contributed by atoms with E-state index in [1.54, 1.807) is 0 Å². The van der Waals surface area contributed by atoms with Crippen molar-refractivity contribution in [2.24, 2.45) is 0 Å². The molecule has 0 bridgehead atoms. The Bertz CT molecular complexity index is 2220. The molecule has 0 saturated carbocycles. The molecule has 0 aliphatic heterocycles. The minimum atomic E-state index is -1.98. The van der Waals surface area contributed by atoms with Gasteiger partial charge < -0.3 is 0 Å². The molecule has 4 radical (unpaired) electrons. The van der Waals surface area contributed by atoms with Gasteiger partial charge in [-0.05, 0) is 0 Å². The van der Waals surface area contributed by atoms with Gasteiger partial charge in [0, 0.05) is 0 Å². The first-order valence-corrected chi connectivity index (χ1v) is 38.0. The van der Waals surface area contributed by atoms with Crippen LogP contribution in [0.2, 0.25) is 13.1 Å². The van der Waals surface area contributed by atoms with Crippen LogP contribution in [0.4, 0.5) is 0 Å².